The van der Waals surface area contributed by atoms with Crippen molar-refractivity contribution >= 4 is 5.82 Å². The third-order valence-electron chi connectivity index (χ3n) is 3.97. The summed E-state index contributed by atoms with van der Waals surface area (Å²) in [5, 5.41) is 12.6. The number of nitrogens with one attached hydrogen (secondary N) is 1. The fourth-order valence-electron chi connectivity index (χ4n) is 2.73. The highest BCUT2D eigenvalue weighted by Gasteiger charge is 2.36. The smallest absolute Gasteiger partial charge is 0.393 e. The lowest BCUT2D eigenvalue weighted by atomic mass is 9.76. The average molecular weight is 323 g/mol. The van der Waals surface area contributed by atoms with Crippen LogP contribution in [0.2, 0.25) is 0 Å². The lowest BCUT2D eigenvalue weighted by Crippen LogP contribution is -2.36. The Morgan fingerprint density at radius 3 is 2.52 bits per heavy atom. The highest BCUT2D eigenvalue weighted by atomic mass is 19.4. The van der Waals surface area contributed by atoms with Gasteiger partial charge in [0.25, 0.3) is 0 Å². The van der Waals surface area contributed by atoms with E-state index in [2.05, 4.69) is 15.3 Å². The van der Waals surface area contributed by atoms with Crippen LogP contribution in [0.5, 0.6) is 0 Å². The van der Waals surface area contributed by atoms with E-state index in [-0.39, 0.29) is 23.9 Å². The van der Waals surface area contributed by atoms with E-state index in [0.29, 0.717) is 12.8 Å². The van der Waals surface area contributed by atoms with Crippen molar-refractivity contribution in [3.63, 3.8) is 0 Å². The maximum atomic E-state index is 12.8. The molecule has 23 heavy (non-hydrogen) atoms. The second-order valence-electron chi connectivity index (χ2n) is 5.67. The van der Waals surface area contributed by atoms with Crippen molar-refractivity contribution in [2.75, 3.05) is 5.32 Å². The summed E-state index contributed by atoms with van der Waals surface area (Å²) >= 11 is 0. The van der Waals surface area contributed by atoms with Crippen molar-refractivity contribution in [2.24, 2.45) is 5.92 Å². The Morgan fingerprint density at radius 1 is 1.13 bits per heavy atom. The topological polar surface area (TPSA) is 58.0 Å². The summed E-state index contributed by atoms with van der Waals surface area (Å²) in [5.41, 5.74) is -0.209. The van der Waals surface area contributed by atoms with Crippen LogP contribution in [-0.4, -0.2) is 21.2 Å². The molecule has 1 aliphatic carbocycles. The molecule has 0 aromatic carbocycles. The first kappa shape index (κ1) is 15.7. The van der Waals surface area contributed by atoms with Crippen molar-refractivity contribution < 1.29 is 18.3 Å². The summed E-state index contributed by atoms with van der Waals surface area (Å²) in [5.74, 6) is 0.258. The molecule has 1 saturated carbocycles. The van der Waals surface area contributed by atoms with E-state index in [4.69, 9.17) is 0 Å². The molecular formula is C16H16F3N3O. The van der Waals surface area contributed by atoms with E-state index < -0.39 is 11.9 Å². The minimum Gasteiger partial charge on any atom is -0.393 e. The molecule has 2 heterocycles. The molecular weight excluding hydrogens is 307 g/mol. The lowest BCUT2D eigenvalue weighted by Gasteiger charge is -2.38. The number of nitrogens with zero attached hydrogens (tertiary/aromatic N) is 2. The van der Waals surface area contributed by atoms with Gasteiger partial charge in [-0.05, 0) is 43.0 Å². The van der Waals surface area contributed by atoms with Gasteiger partial charge < -0.3 is 10.4 Å². The first-order valence-corrected chi connectivity index (χ1v) is 7.33. The molecule has 0 aliphatic heterocycles. The van der Waals surface area contributed by atoms with Crippen LogP contribution >= 0.6 is 0 Å². The van der Waals surface area contributed by atoms with Crippen molar-refractivity contribution in [3.05, 3.63) is 54.0 Å². The number of rotatable bonds is 4. The van der Waals surface area contributed by atoms with Gasteiger partial charge in [-0.2, -0.15) is 13.2 Å². The molecule has 7 heteroatoms. The molecule has 122 valence electrons. The number of alkyl halides is 3. The van der Waals surface area contributed by atoms with E-state index in [1.165, 1.54) is 12.1 Å². The lowest BCUT2D eigenvalue weighted by molar-refractivity contribution is -0.141. The van der Waals surface area contributed by atoms with Gasteiger partial charge in [-0.1, -0.05) is 12.1 Å². The van der Waals surface area contributed by atoms with Gasteiger partial charge in [-0.25, -0.2) is 4.98 Å². The Hall–Kier alpha value is -2.15. The van der Waals surface area contributed by atoms with Crippen LogP contribution in [0.4, 0.5) is 19.0 Å². The molecule has 2 N–H and O–H groups in total. The first-order valence-electron chi connectivity index (χ1n) is 7.33. The number of pyridine rings is 2. The molecule has 1 fully saturated rings. The Morgan fingerprint density at radius 2 is 1.91 bits per heavy atom. The number of hydrogen-bond acceptors (Lipinski definition) is 4. The number of aliphatic hydroxyl groups is 1. The van der Waals surface area contributed by atoms with Gasteiger partial charge in [0.15, 0.2) is 0 Å². The summed E-state index contributed by atoms with van der Waals surface area (Å²) in [6.07, 6.45) is -2.02. The summed E-state index contributed by atoms with van der Waals surface area (Å²) in [6, 6.07) is 8.90. The molecule has 0 saturated heterocycles. The van der Waals surface area contributed by atoms with Gasteiger partial charge in [0.2, 0.25) is 0 Å². The van der Waals surface area contributed by atoms with Crippen LogP contribution < -0.4 is 5.32 Å². The Labute approximate surface area is 131 Å². The highest BCUT2D eigenvalue weighted by molar-refractivity contribution is 5.39. The molecule has 1 aliphatic rings. The molecule has 4 nitrogen and oxygen atoms in total. The minimum atomic E-state index is -4.48. The number of halogens is 3. The molecule has 0 amide bonds. The monoisotopic (exact) mass is 323 g/mol. The van der Waals surface area contributed by atoms with E-state index in [9.17, 15) is 18.3 Å². The van der Waals surface area contributed by atoms with E-state index in [0.717, 1.165) is 11.8 Å². The predicted octanol–water partition coefficient (Wildman–Crippen LogP) is 3.42. The molecule has 0 radical (unpaired) electrons. The van der Waals surface area contributed by atoms with Crippen LogP contribution in [0.3, 0.4) is 0 Å². The highest BCUT2D eigenvalue weighted by Crippen LogP contribution is 2.39. The number of aromatic nitrogens is 2. The Kier molecular flexibility index (Phi) is 4.21. The summed E-state index contributed by atoms with van der Waals surface area (Å²) in [4.78, 5) is 7.92. The van der Waals surface area contributed by atoms with Gasteiger partial charge >= 0.3 is 6.18 Å². The summed E-state index contributed by atoms with van der Waals surface area (Å²) in [7, 11) is 0. The van der Waals surface area contributed by atoms with E-state index in [1.54, 1.807) is 12.3 Å². The fourth-order valence-corrected chi connectivity index (χ4v) is 2.73. The first-order chi connectivity index (χ1) is 10.9. The van der Waals surface area contributed by atoms with Crippen LogP contribution in [0.15, 0.2) is 42.6 Å². The third kappa shape index (κ3) is 3.61. The fraction of sp³-hybridized carbons (Fsp3) is 0.375. The maximum Gasteiger partial charge on any atom is 0.433 e. The number of anilines is 1. The zero-order chi connectivity index (χ0) is 16.4. The molecule has 2 aromatic heterocycles. The number of hydrogen-bond donors (Lipinski definition) is 2. The largest absolute Gasteiger partial charge is 0.433 e. The zero-order valence-electron chi connectivity index (χ0n) is 12.2. The summed E-state index contributed by atoms with van der Waals surface area (Å²) in [6.45, 7) is 0. The second kappa shape index (κ2) is 6.16. The standard InChI is InChI=1S/C16H16F3N3O/c17-16(18,19)13-5-3-6-14(21-13)22-15(10-8-11(23)9-10)12-4-1-2-7-20-12/h1-7,10-11,15,23H,8-9H2,(H,21,22). The van der Waals surface area contributed by atoms with Gasteiger partial charge in [0, 0.05) is 6.20 Å². The van der Waals surface area contributed by atoms with Crippen molar-refractivity contribution in [2.45, 2.75) is 31.2 Å². The van der Waals surface area contributed by atoms with Crippen LogP contribution in [0.1, 0.15) is 30.3 Å². The van der Waals surface area contributed by atoms with Crippen LogP contribution in [-0.2, 0) is 6.18 Å². The minimum absolute atomic E-state index is 0.108. The van der Waals surface area contributed by atoms with Gasteiger partial charge in [-0.3, -0.25) is 4.98 Å². The molecule has 2 aromatic rings. The van der Waals surface area contributed by atoms with Gasteiger partial charge in [0.05, 0.1) is 17.8 Å². The maximum absolute atomic E-state index is 12.8. The van der Waals surface area contributed by atoms with Gasteiger partial charge in [0.1, 0.15) is 11.5 Å². The molecule has 3 rings (SSSR count). The normalized spacial score (nSPS) is 22.3. The van der Waals surface area contributed by atoms with E-state index in [1.807, 2.05) is 12.1 Å². The van der Waals surface area contributed by atoms with Crippen LogP contribution in [0.25, 0.3) is 0 Å². The summed E-state index contributed by atoms with van der Waals surface area (Å²) < 4.78 is 38.3. The number of aliphatic hydroxyl groups excluding tert-OH is 1. The average Bonchev–Trinajstić information content (AvgIpc) is 2.50. The Balaban J connectivity index is 1.84. The Bertz CT molecular complexity index is 657. The third-order valence-corrected chi connectivity index (χ3v) is 3.97. The molecule has 1 unspecified atom stereocenters. The van der Waals surface area contributed by atoms with Gasteiger partial charge in [-0.15, -0.1) is 0 Å². The molecule has 1 atom stereocenters. The molecule has 0 bridgehead atoms. The second-order valence-corrected chi connectivity index (χ2v) is 5.67. The quantitative estimate of drug-likeness (QED) is 0.905. The predicted molar refractivity (Wildman–Crippen MR) is 78.6 cm³/mol. The van der Waals surface area contributed by atoms with Crippen molar-refractivity contribution in [1.82, 2.24) is 9.97 Å². The zero-order valence-corrected chi connectivity index (χ0v) is 12.2. The van der Waals surface area contributed by atoms with Crippen molar-refractivity contribution in [3.8, 4) is 0 Å². The van der Waals surface area contributed by atoms with E-state index >= 15 is 0 Å². The SMILES string of the molecule is OC1CC(C(Nc2cccc(C(F)(F)F)n2)c2ccccn2)C1. The van der Waals surface area contributed by atoms with Crippen LogP contribution in [0, 0.1) is 5.92 Å². The molecule has 0 spiro atoms. The van der Waals surface area contributed by atoms with Crippen molar-refractivity contribution in [1.29, 1.82) is 0 Å².